The number of esters is 2. The Balaban J connectivity index is 1.86. The zero-order valence-corrected chi connectivity index (χ0v) is 16.4. The third-order valence-electron chi connectivity index (χ3n) is 3.79. The maximum atomic E-state index is 12.2. The van der Waals surface area contributed by atoms with Crippen molar-refractivity contribution in [1.82, 2.24) is 0 Å². The van der Waals surface area contributed by atoms with Crippen molar-refractivity contribution in [3.8, 4) is 0 Å². The molecule has 2 rings (SSSR count). The van der Waals surface area contributed by atoms with Crippen LogP contribution in [0.4, 0.5) is 0 Å². The van der Waals surface area contributed by atoms with E-state index in [1.165, 1.54) is 13.8 Å². The van der Waals surface area contributed by atoms with Gasteiger partial charge in [-0.2, -0.15) is 0 Å². The molecule has 13 heteroatoms. The van der Waals surface area contributed by atoms with Crippen LogP contribution in [0.25, 0.3) is 0 Å². The molecule has 0 amide bonds. The second-order valence-electron chi connectivity index (χ2n) is 5.93. The van der Waals surface area contributed by atoms with Gasteiger partial charge in [0.05, 0.1) is 5.92 Å². The van der Waals surface area contributed by atoms with E-state index in [1.54, 1.807) is 0 Å². The second-order valence-corrected chi connectivity index (χ2v) is 7.04. The van der Waals surface area contributed by atoms with Crippen molar-refractivity contribution in [2.75, 3.05) is 6.16 Å². The summed E-state index contributed by atoms with van der Waals surface area (Å²) in [5.74, 6) is -3.97. The van der Waals surface area contributed by atoms with Gasteiger partial charge in [-0.3, -0.25) is 9.59 Å². The van der Waals surface area contributed by atoms with Crippen molar-refractivity contribution in [3.05, 3.63) is 44.3 Å². The van der Waals surface area contributed by atoms with E-state index >= 15 is 0 Å². The molecule has 12 nitrogen and oxygen atoms in total. The van der Waals surface area contributed by atoms with E-state index in [2.05, 4.69) is 8.83 Å². The van der Waals surface area contributed by atoms with Gasteiger partial charge in [-0.15, -0.1) is 0 Å². The lowest BCUT2D eigenvalue weighted by Gasteiger charge is -2.15. The summed E-state index contributed by atoms with van der Waals surface area (Å²) in [6, 6.07) is 0. The van der Waals surface area contributed by atoms with Crippen LogP contribution < -0.4 is 11.6 Å². The fraction of sp³-hybridized carbons (Fsp3) is 0.500. The normalized spacial score (nSPS) is 12.2. The summed E-state index contributed by atoms with van der Waals surface area (Å²) in [5, 5.41) is 0. The van der Waals surface area contributed by atoms with Crippen LogP contribution in [-0.2, 0) is 32.3 Å². The van der Waals surface area contributed by atoms with Crippen LogP contribution in [-0.4, -0.2) is 27.9 Å². The molecular weight excluding hydrogens is 415 g/mol. The Morgan fingerprint density at radius 3 is 1.90 bits per heavy atom. The topological polar surface area (TPSA) is 180 Å². The third kappa shape index (κ3) is 7.00. The molecule has 1 atom stereocenters. The molecule has 0 saturated heterocycles. The summed E-state index contributed by atoms with van der Waals surface area (Å²) in [6.45, 7) is 2.21. The molecule has 0 spiro atoms. The Kier molecular flexibility index (Phi) is 7.94. The largest absolute Gasteiger partial charge is 0.519 e. The summed E-state index contributed by atoms with van der Waals surface area (Å²) < 4.78 is 28.6. The predicted molar refractivity (Wildman–Crippen MR) is 92.5 cm³/mol. The Morgan fingerprint density at radius 1 is 0.931 bits per heavy atom. The predicted octanol–water partition coefficient (Wildman–Crippen LogP) is 0.875. The number of carbonyl (C=O) groups is 2. The quantitative estimate of drug-likeness (QED) is 0.398. The molecule has 0 bridgehead atoms. The number of hydrogen-bond donors (Lipinski definition) is 2. The van der Waals surface area contributed by atoms with Gasteiger partial charge in [0.25, 0.3) is 0 Å². The van der Waals surface area contributed by atoms with Gasteiger partial charge < -0.3 is 36.9 Å². The molecule has 0 saturated carbocycles. The highest BCUT2D eigenvalue weighted by Crippen LogP contribution is 2.29. The zero-order chi connectivity index (χ0) is 21.6. The first-order chi connectivity index (χ1) is 13.7. The molecule has 0 aromatic carbocycles. The minimum Gasteiger partial charge on any atom is -0.457 e. The van der Waals surface area contributed by atoms with Gasteiger partial charge in [0.2, 0.25) is 0 Å². The number of aryl methyl sites for hydroxylation is 2. The molecule has 29 heavy (non-hydrogen) atoms. The molecule has 2 aromatic rings. The SMILES string of the molecule is Cc1oc(=O)oc1COC(=O)CCC(CP(O)O)C(=O)OCc1oc(=O)oc1C. The summed E-state index contributed by atoms with van der Waals surface area (Å²) in [6.07, 6.45) is -0.629. The average Bonchev–Trinajstić information content (AvgIpc) is 3.13. The molecule has 2 N–H and O–H groups in total. The first kappa shape index (κ1) is 22.6. The van der Waals surface area contributed by atoms with E-state index in [9.17, 15) is 29.0 Å². The average molecular weight is 434 g/mol. The number of hydrogen-bond acceptors (Lipinski definition) is 12. The van der Waals surface area contributed by atoms with Crippen LogP contribution in [0, 0.1) is 19.8 Å². The molecule has 160 valence electrons. The Morgan fingerprint density at radius 2 is 1.45 bits per heavy atom. The van der Waals surface area contributed by atoms with Gasteiger partial charge in [-0.1, -0.05) is 0 Å². The van der Waals surface area contributed by atoms with E-state index in [0.717, 1.165) is 0 Å². The highest BCUT2D eigenvalue weighted by molar-refractivity contribution is 7.45. The first-order valence-electron chi connectivity index (χ1n) is 8.32. The molecule has 0 aliphatic heterocycles. The van der Waals surface area contributed by atoms with E-state index in [0.29, 0.717) is 0 Å². The van der Waals surface area contributed by atoms with Crippen molar-refractivity contribution in [2.24, 2.45) is 5.92 Å². The van der Waals surface area contributed by atoms with Gasteiger partial charge in [-0.05, 0) is 20.3 Å². The lowest BCUT2D eigenvalue weighted by molar-refractivity contribution is -0.151. The fourth-order valence-corrected chi connectivity index (χ4v) is 2.98. The molecular formula is C16H19O12P. The van der Waals surface area contributed by atoms with Crippen molar-refractivity contribution >= 4 is 20.3 Å². The number of rotatable bonds is 10. The lowest BCUT2D eigenvalue weighted by atomic mass is 10.1. The molecule has 1 unspecified atom stereocenters. The van der Waals surface area contributed by atoms with Crippen LogP contribution >= 0.6 is 8.38 Å². The van der Waals surface area contributed by atoms with Crippen molar-refractivity contribution in [3.63, 3.8) is 0 Å². The molecule has 0 radical (unpaired) electrons. The first-order valence-corrected chi connectivity index (χ1v) is 9.75. The number of ether oxygens (including phenoxy) is 2. The summed E-state index contributed by atoms with van der Waals surface area (Å²) in [5.41, 5.74) is 0. The highest BCUT2D eigenvalue weighted by atomic mass is 31.2. The minimum absolute atomic E-state index is 0.0220. The van der Waals surface area contributed by atoms with Crippen LogP contribution in [0.1, 0.15) is 35.9 Å². The second kappa shape index (κ2) is 10.2. The van der Waals surface area contributed by atoms with Gasteiger partial charge in [0.1, 0.15) is 0 Å². The Bertz CT molecular complexity index is 946. The Hall–Kier alpha value is -2.69. The third-order valence-corrected chi connectivity index (χ3v) is 4.56. The van der Waals surface area contributed by atoms with Crippen LogP contribution in [0.5, 0.6) is 0 Å². The molecule has 0 aliphatic rings. The monoisotopic (exact) mass is 434 g/mol. The van der Waals surface area contributed by atoms with E-state index in [-0.39, 0.29) is 55.3 Å². The van der Waals surface area contributed by atoms with Gasteiger partial charge in [0, 0.05) is 12.6 Å². The maximum Gasteiger partial charge on any atom is 0.519 e. The molecule has 0 fully saturated rings. The lowest BCUT2D eigenvalue weighted by Crippen LogP contribution is -2.22. The summed E-state index contributed by atoms with van der Waals surface area (Å²) in [7, 11) is -2.42. The highest BCUT2D eigenvalue weighted by Gasteiger charge is 2.25. The molecule has 2 aromatic heterocycles. The summed E-state index contributed by atoms with van der Waals surface area (Å²) >= 11 is 0. The molecule has 0 aliphatic carbocycles. The van der Waals surface area contributed by atoms with Crippen LogP contribution in [0.2, 0.25) is 0 Å². The van der Waals surface area contributed by atoms with Crippen molar-refractivity contribution in [1.29, 1.82) is 0 Å². The Labute approximate surface area is 163 Å². The zero-order valence-electron chi connectivity index (χ0n) is 15.5. The van der Waals surface area contributed by atoms with Gasteiger partial charge in [0.15, 0.2) is 44.6 Å². The van der Waals surface area contributed by atoms with Crippen LogP contribution in [0.15, 0.2) is 27.3 Å². The maximum absolute atomic E-state index is 12.2. The van der Waals surface area contributed by atoms with Crippen molar-refractivity contribution < 1.29 is 46.5 Å². The van der Waals surface area contributed by atoms with Crippen LogP contribution in [0.3, 0.4) is 0 Å². The van der Waals surface area contributed by atoms with Gasteiger partial charge in [-0.25, -0.2) is 9.59 Å². The molecule has 2 heterocycles. The van der Waals surface area contributed by atoms with E-state index in [4.69, 9.17) is 18.3 Å². The van der Waals surface area contributed by atoms with E-state index in [1.807, 2.05) is 0 Å². The van der Waals surface area contributed by atoms with Gasteiger partial charge >= 0.3 is 23.6 Å². The smallest absolute Gasteiger partial charge is 0.457 e. The standard InChI is InChI=1S/C16H19O12P/c1-8-11(27-15(19)25-8)5-23-13(17)4-3-10(7-29(21)22)14(18)24-6-12-9(2)26-16(20)28-12/h10,21-22H,3-7H2,1-2H3. The van der Waals surface area contributed by atoms with E-state index < -0.39 is 37.9 Å². The minimum atomic E-state index is -2.42. The summed E-state index contributed by atoms with van der Waals surface area (Å²) in [4.78, 5) is 64.4. The number of carbonyl (C=O) groups excluding carboxylic acids is 2. The van der Waals surface area contributed by atoms with Crippen molar-refractivity contribution in [2.45, 2.75) is 39.9 Å². The fourth-order valence-electron chi connectivity index (χ4n) is 2.26.